The average Bonchev–Trinajstić information content (AvgIpc) is 2.18. The monoisotopic (exact) mass is 210 g/mol. The van der Waals surface area contributed by atoms with Crippen molar-refractivity contribution < 1.29 is 9.53 Å². The number of ketones is 1. The smallest absolute Gasteiger partial charge is 0.170 e. The summed E-state index contributed by atoms with van der Waals surface area (Å²) in [6, 6.07) is 3.52. The Bertz CT molecular complexity index is 385. The molecule has 1 aliphatic rings. The second-order valence-electron chi connectivity index (χ2n) is 3.28. The van der Waals surface area contributed by atoms with E-state index < -0.39 is 0 Å². The van der Waals surface area contributed by atoms with E-state index in [4.69, 9.17) is 16.3 Å². The van der Waals surface area contributed by atoms with Crippen molar-refractivity contribution in [3.63, 3.8) is 0 Å². The lowest BCUT2D eigenvalue weighted by Gasteiger charge is -2.19. The number of rotatable bonds is 1. The minimum atomic E-state index is 0.151. The maximum absolute atomic E-state index is 11.5. The van der Waals surface area contributed by atoms with Crippen LogP contribution in [0, 0.1) is 0 Å². The van der Waals surface area contributed by atoms with Crippen LogP contribution in [-0.4, -0.2) is 12.4 Å². The Morgan fingerprint density at radius 1 is 1.50 bits per heavy atom. The molecule has 74 valence electrons. The molecular formula is C11H11ClO2. The molecule has 0 radical (unpaired) electrons. The van der Waals surface area contributed by atoms with Crippen molar-refractivity contribution in [2.45, 2.75) is 19.8 Å². The van der Waals surface area contributed by atoms with Gasteiger partial charge in [-0.3, -0.25) is 4.79 Å². The first-order chi connectivity index (χ1) is 6.74. The molecule has 0 spiro atoms. The van der Waals surface area contributed by atoms with Gasteiger partial charge in [0.05, 0.1) is 12.2 Å². The van der Waals surface area contributed by atoms with Gasteiger partial charge in [-0.25, -0.2) is 0 Å². The van der Waals surface area contributed by atoms with E-state index in [9.17, 15) is 4.79 Å². The third kappa shape index (κ3) is 1.40. The van der Waals surface area contributed by atoms with Crippen LogP contribution >= 0.6 is 11.6 Å². The van der Waals surface area contributed by atoms with Gasteiger partial charge in [-0.05, 0) is 18.6 Å². The van der Waals surface area contributed by atoms with Gasteiger partial charge in [0, 0.05) is 17.0 Å². The first kappa shape index (κ1) is 9.53. The molecule has 0 bridgehead atoms. The van der Waals surface area contributed by atoms with Crippen LogP contribution in [0.5, 0.6) is 5.75 Å². The molecule has 0 saturated heterocycles. The summed E-state index contributed by atoms with van der Waals surface area (Å²) < 4.78 is 5.49. The molecule has 0 N–H and O–H groups in total. The third-order valence-corrected chi connectivity index (χ3v) is 2.79. The Morgan fingerprint density at radius 2 is 2.29 bits per heavy atom. The third-order valence-electron chi connectivity index (χ3n) is 2.43. The highest BCUT2D eigenvalue weighted by Gasteiger charge is 2.21. The minimum absolute atomic E-state index is 0.151. The molecule has 1 aromatic rings. The summed E-state index contributed by atoms with van der Waals surface area (Å²) in [6.07, 6.45) is 1.26. The Morgan fingerprint density at radius 3 is 3.00 bits per heavy atom. The van der Waals surface area contributed by atoms with E-state index in [2.05, 4.69) is 0 Å². The van der Waals surface area contributed by atoms with Crippen LogP contribution in [-0.2, 0) is 6.42 Å². The van der Waals surface area contributed by atoms with Crippen molar-refractivity contribution in [3.05, 3.63) is 28.3 Å². The number of hydrogen-bond acceptors (Lipinski definition) is 2. The summed E-state index contributed by atoms with van der Waals surface area (Å²) in [5.74, 6) is 0.842. The molecule has 1 aromatic carbocycles. The highest BCUT2D eigenvalue weighted by Crippen LogP contribution is 2.34. The standard InChI is InChI=1S/C11H11ClO2/c1-2-7-9(12)4-3-8-10(13)5-6-14-11(7)8/h3-4H,2,5-6H2,1H3. The number of carbonyl (C=O) groups is 1. The summed E-state index contributed by atoms with van der Waals surface area (Å²) in [6.45, 7) is 2.48. The number of Topliss-reactive ketones (excluding diaryl/α,β-unsaturated/α-hetero) is 1. The molecule has 0 aromatic heterocycles. The zero-order chi connectivity index (χ0) is 10.1. The fourth-order valence-corrected chi connectivity index (χ4v) is 1.98. The fraction of sp³-hybridized carbons (Fsp3) is 0.364. The van der Waals surface area contributed by atoms with E-state index in [1.807, 2.05) is 6.92 Å². The van der Waals surface area contributed by atoms with E-state index in [0.717, 1.165) is 12.0 Å². The fourth-order valence-electron chi connectivity index (χ4n) is 1.70. The van der Waals surface area contributed by atoms with Gasteiger partial charge in [0.25, 0.3) is 0 Å². The zero-order valence-corrected chi connectivity index (χ0v) is 8.73. The normalized spacial score (nSPS) is 14.9. The van der Waals surface area contributed by atoms with Gasteiger partial charge in [0.15, 0.2) is 5.78 Å². The van der Waals surface area contributed by atoms with E-state index in [0.29, 0.717) is 29.4 Å². The summed E-state index contributed by atoms with van der Waals surface area (Å²) >= 11 is 6.02. The van der Waals surface area contributed by atoms with Crippen molar-refractivity contribution in [3.8, 4) is 5.75 Å². The summed E-state index contributed by atoms with van der Waals surface area (Å²) in [5, 5.41) is 0.681. The van der Waals surface area contributed by atoms with Crippen LogP contribution in [0.1, 0.15) is 29.3 Å². The Balaban J connectivity index is 2.61. The molecule has 0 unspecified atom stereocenters. The molecule has 2 rings (SSSR count). The molecule has 0 atom stereocenters. The summed E-state index contributed by atoms with van der Waals surface area (Å²) in [7, 11) is 0. The zero-order valence-electron chi connectivity index (χ0n) is 7.97. The van der Waals surface area contributed by atoms with Gasteiger partial charge in [0.1, 0.15) is 5.75 Å². The van der Waals surface area contributed by atoms with Crippen LogP contribution in [0.15, 0.2) is 12.1 Å². The van der Waals surface area contributed by atoms with Crippen LogP contribution in [0.25, 0.3) is 0 Å². The first-order valence-electron chi connectivity index (χ1n) is 4.71. The lowest BCUT2D eigenvalue weighted by molar-refractivity contribution is 0.0932. The Labute approximate surface area is 87.8 Å². The van der Waals surface area contributed by atoms with E-state index in [1.165, 1.54) is 0 Å². The van der Waals surface area contributed by atoms with E-state index in [1.54, 1.807) is 12.1 Å². The highest BCUT2D eigenvalue weighted by molar-refractivity contribution is 6.31. The molecule has 2 nitrogen and oxygen atoms in total. The summed E-state index contributed by atoms with van der Waals surface area (Å²) in [5.41, 5.74) is 1.62. The summed E-state index contributed by atoms with van der Waals surface area (Å²) in [4.78, 5) is 11.5. The highest BCUT2D eigenvalue weighted by atomic mass is 35.5. The number of fused-ring (bicyclic) bond motifs is 1. The SMILES string of the molecule is CCc1c(Cl)ccc2c1OCCC2=O. The molecule has 14 heavy (non-hydrogen) atoms. The largest absolute Gasteiger partial charge is 0.492 e. The van der Waals surface area contributed by atoms with Crippen molar-refractivity contribution >= 4 is 17.4 Å². The number of halogens is 1. The minimum Gasteiger partial charge on any atom is -0.492 e. The topological polar surface area (TPSA) is 26.3 Å². The van der Waals surface area contributed by atoms with Gasteiger partial charge in [-0.2, -0.15) is 0 Å². The van der Waals surface area contributed by atoms with Gasteiger partial charge in [0.2, 0.25) is 0 Å². The predicted molar refractivity (Wildman–Crippen MR) is 55.3 cm³/mol. The number of ether oxygens (including phenoxy) is 1. The Kier molecular flexibility index (Phi) is 2.46. The molecule has 3 heteroatoms. The number of hydrogen-bond donors (Lipinski definition) is 0. The molecule has 0 fully saturated rings. The molecule has 0 saturated carbocycles. The van der Waals surface area contributed by atoms with Crippen molar-refractivity contribution in [2.24, 2.45) is 0 Å². The quantitative estimate of drug-likeness (QED) is 0.713. The maximum atomic E-state index is 11.5. The second-order valence-corrected chi connectivity index (χ2v) is 3.69. The second kappa shape index (κ2) is 3.62. The van der Waals surface area contributed by atoms with Gasteiger partial charge in [-0.1, -0.05) is 18.5 Å². The van der Waals surface area contributed by atoms with Gasteiger partial charge >= 0.3 is 0 Å². The maximum Gasteiger partial charge on any atom is 0.170 e. The van der Waals surface area contributed by atoms with Gasteiger partial charge in [-0.15, -0.1) is 0 Å². The number of benzene rings is 1. The Hall–Kier alpha value is -1.02. The lowest BCUT2D eigenvalue weighted by Crippen LogP contribution is -2.16. The lowest BCUT2D eigenvalue weighted by atomic mass is 10.00. The van der Waals surface area contributed by atoms with Crippen molar-refractivity contribution in [1.29, 1.82) is 0 Å². The van der Waals surface area contributed by atoms with E-state index in [-0.39, 0.29) is 5.78 Å². The number of carbonyl (C=O) groups excluding carboxylic acids is 1. The van der Waals surface area contributed by atoms with Crippen LogP contribution in [0.4, 0.5) is 0 Å². The van der Waals surface area contributed by atoms with Crippen LogP contribution < -0.4 is 4.74 Å². The van der Waals surface area contributed by atoms with Crippen molar-refractivity contribution in [1.82, 2.24) is 0 Å². The molecule has 1 aliphatic heterocycles. The first-order valence-corrected chi connectivity index (χ1v) is 5.09. The molecular weight excluding hydrogens is 200 g/mol. The molecule has 0 amide bonds. The average molecular weight is 211 g/mol. The van der Waals surface area contributed by atoms with Gasteiger partial charge < -0.3 is 4.74 Å². The van der Waals surface area contributed by atoms with Crippen LogP contribution in [0.2, 0.25) is 5.02 Å². The van der Waals surface area contributed by atoms with E-state index >= 15 is 0 Å². The molecule has 0 aliphatic carbocycles. The predicted octanol–water partition coefficient (Wildman–Crippen LogP) is 2.87. The van der Waals surface area contributed by atoms with Crippen molar-refractivity contribution in [2.75, 3.05) is 6.61 Å². The molecule has 1 heterocycles. The van der Waals surface area contributed by atoms with Crippen LogP contribution in [0.3, 0.4) is 0 Å².